The zero-order chi connectivity index (χ0) is 18.2. The van der Waals surface area contributed by atoms with Gasteiger partial charge in [-0.1, -0.05) is 0 Å². The van der Waals surface area contributed by atoms with Crippen LogP contribution in [0, 0.1) is 0 Å². The molecule has 2 aliphatic heterocycles. The molecular formula is C18H30N4O3. The molecule has 1 atom stereocenters. The second kappa shape index (κ2) is 6.59. The fraction of sp³-hybridized carbons (Fsp3) is 0.833. The first kappa shape index (κ1) is 18.2. The van der Waals surface area contributed by atoms with Gasteiger partial charge in [-0.15, -0.1) is 10.2 Å². The molecule has 7 nitrogen and oxygen atoms in total. The van der Waals surface area contributed by atoms with Crippen molar-refractivity contribution in [3.05, 3.63) is 11.6 Å². The first-order chi connectivity index (χ1) is 11.7. The van der Waals surface area contributed by atoms with E-state index in [2.05, 4.69) is 28.6 Å². The Morgan fingerprint density at radius 3 is 2.64 bits per heavy atom. The summed E-state index contributed by atoms with van der Waals surface area (Å²) < 4.78 is 13.6. The second-order valence-electron chi connectivity index (χ2n) is 8.60. The molecule has 1 aromatic rings. The number of hydrogen-bond acceptors (Lipinski definition) is 5. The van der Waals surface area contributed by atoms with E-state index in [4.69, 9.17) is 9.47 Å². The molecule has 3 heterocycles. The molecule has 1 amide bonds. The highest BCUT2D eigenvalue weighted by Gasteiger charge is 2.38. The van der Waals surface area contributed by atoms with Gasteiger partial charge in [-0.25, -0.2) is 4.79 Å². The van der Waals surface area contributed by atoms with Crippen molar-refractivity contribution in [1.82, 2.24) is 19.7 Å². The Morgan fingerprint density at radius 1 is 1.24 bits per heavy atom. The molecule has 1 aromatic heterocycles. The number of ether oxygens (including phenoxy) is 2. The number of rotatable bonds is 1. The number of aromatic nitrogens is 3. The Labute approximate surface area is 149 Å². The van der Waals surface area contributed by atoms with Gasteiger partial charge in [-0.05, 0) is 53.9 Å². The van der Waals surface area contributed by atoms with Crippen LogP contribution in [0.5, 0.6) is 0 Å². The van der Waals surface area contributed by atoms with E-state index >= 15 is 0 Å². The largest absolute Gasteiger partial charge is 0.444 e. The summed E-state index contributed by atoms with van der Waals surface area (Å²) in [5.41, 5.74) is -0.885. The number of fused-ring (bicyclic) bond motifs is 1. The van der Waals surface area contributed by atoms with Crippen molar-refractivity contribution >= 4 is 6.09 Å². The van der Waals surface area contributed by atoms with E-state index in [9.17, 15) is 4.79 Å². The Hall–Kier alpha value is -1.63. The lowest BCUT2D eigenvalue weighted by atomic mass is 9.98. The average Bonchev–Trinajstić information content (AvgIpc) is 2.82. The first-order valence-corrected chi connectivity index (χ1v) is 9.21. The van der Waals surface area contributed by atoms with Crippen LogP contribution in [0.1, 0.15) is 71.6 Å². The molecular weight excluding hydrogens is 320 g/mol. The SMILES string of the molecule is CC(C)(C)OC(=O)N1CCn2c(nnc2C2CCCCO2)CC1(C)C. The minimum Gasteiger partial charge on any atom is -0.444 e. The highest BCUT2D eigenvalue weighted by Crippen LogP contribution is 2.31. The van der Waals surface area contributed by atoms with Crippen molar-refractivity contribution in [2.24, 2.45) is 0 Å². The van der Waals surface area contributed by atoms with Crippen molar-refractivity contribution in [2.45, 2.75) is 84.1 Å². The van der Waals surface area contributed by atoms with Crippen LogP contribution in [0.3, 0.4) is 0 Å². The predicted octanol–water partition coefficient (Wildman–Crippen LogP) is 3.09. The summed E-state index contributed by atoms with van der Waals surface area (Å²) in [7, 11) is 0. The highest BCUT2D eigenvalue weighted by molar-refractivity contribution is 5.69. The topological polar surface area (TPSA) is 69.5 Å². The molecule has 1 saturated heterocycles. The zero-order valence-corrected chi connectivity index (χ0v) is 16.0. The minimum atomic E-state index is -0.504. The van der Waals surface area contributed by atoms with Crippen molar-refractivity contribution in [2.75, 3.05) is 13.2 Å². The zero-order valence-electron chi connectivity index (χ0n) is 16.0. The molecule has 0 spiro atoms. The first-order valence-electron chi connectivity index (χ1n) is 9.21. The molecule has 140 valence electrons. The van der Waals surface area contributed by atoms with Gasteiger partial charge in [0.2, 0.25) is 0 Å². The lowest BCUT2D eigenvalue weighted by Gasteiger charge is -2.37. The Morgan fingerprint density at radius 2 is 2.00 bits per heavy atom. The third-order valence-electron chi connectivity index (χ3n) is 4.81. The molecule has 7 heteroatoms. The lowest BCUT2D eigenvalue weighted by Crippen LogP contribution is -2.50. The number of carbonyl (C=O) groups excluding carboxylic acids is 1. The van der Waals surface area contributed by atoms with Gasteiger partial charge in [0, 0.05) is 31.7 Å². The molecule has 2 aliphatic rings. The Kier molecular flexibility index (Phi) is 4.79. The van der Waals surface area contributed by atoms with Gasteiger partial charge in [0.05, 0.1) is 0 Å². The fourth-order valence-corrected chi connectivity index (χ4v) is 3.55. The number of nitrogens with zero attached hydrogens (tertiary/aromatic N) is 4. The summed E-state index contributed by atoms with van der Waals surface area (Å²) in [6.45, 7) is 11.8. The molecule has 0 aromatic carbocycles. The van der Waals surface area contributed by atoms with Crippen LogP contribution >= 0.6 is 0 Å². The molecule has 0 radical (unpaired) electrons. The minimum absolute atomic E-state index is 0.0196. The van der Waals surface area contributed by atoms with Crippen molar-refractivity contribution in [3.8, 4) is 0 Å². The number of hydrogen-bond donors (Lipinski definition) is 0. The van der Waals surface area contributed by atoms with E-state index in [1.807, 2.05) is 25.7 Å². The summed E-state index contributed by atoms with van der Waals surface area (Å²) in [4.78, 5) is 14.5. The molecule has 3 rings (SSSR count). The third kappa shape index (κ3) is 3.97. The van der Waals surface area contributed by atoms with E-state index in [0.29, 0.717) is 19.5 Å². The molecule has 0 aliphatic carbocycles. The van der Waals surface area contributed by atoms with Gasteiger partial charge in [-0.3, -0.25) is 0 Å². The molecule has 25 heavy (non-hydrogen) atoms. The quantitative estimate of drug-likeness (QED) is 0.778. The molecule has 1 fully saturated rings. The maximum absolute atomic E-state index is 12.7. The molecule has 0 saturated carbocycles. The maximum atomic E-state index is 12.7. The van der Waals surface area contributed by atoms with Gasteiger partial charge in [0.25, 0.3) is 0 Å². The van der Waals surface area contributed by atoms with E-state index in [0.717, 1.165) is 37.5 Å². The molecule has 0 N–H and O–H groups in total. The normalized spacial score (nSPS) is 23.7. The Bertz CT molecular complexity index is 627. The van der Waals surface area contributed by atoms with E-state index in [1.165, 1.54) is 0 Å². The standard InChI is InChI=1S/C18H30N4O3/c1-17(2,3)25-16(23)22-10-9-21-14(12-18(22,4)5)19-20-15(21)13-8-6-7-11-24-13/h13H,6-12H2,1-5H3. The van der Waals surface area contributed by atoms with Crippen LogP contribution in [0.4, 0.5) is 4.79 Å². The predicted molar refractivity (Wildman–Crippen MR) is 93.3 cm³/mol. The van der Waals surface area contributed by atoms with Gasteiger partial charge in [-0.2, -0.15) is 0 Å². The van der Waals surface area contributed by atoms with E-state index < -0.39 is 5.60 Å². The monoisotopic (exact) mass is 350 g/mol. The van der Waals surface area contributed by atoms with Crippen LogP contribution in [0.2, 0.25) is 0 Å². The summed E-state index contributed by atoms with van der Waals surface area (Å²) in [5.74, 6) is 1.82. The van der Waals surface area contributed by atoms with Crippen LogP contribution in [0.15, 0.2) is 0 Å². The summed E-state index contributed by atoms with van der Waals surface area (Å²) in [5, 5.41) is 8.82. The fourth-order valence-electron chi connectivity index (χ4n) is 3.55. The van der Waals surface area contributed by atoms with Gasteiger partial charge >= 0.3 is 6.09 Å². The third-order valence-corrected chi connectivity index (χ3v) is 4.81. The van der Waals surface area contributed by atoms with E-state index in [1.54, 1.807) is 0 Å². The smallest absolute Gasteiger partial charge is 0.410 e. The van der Waals surface area contributed by atoms with E-state index in [-0.39, 0.29) is 17.7 Å². The maximum Gasteiger partial charge on any atom is 0.410 e. The van der Waals surface area contributed by atoms with Crippen LogP contribution in [-0.2, 0) is 22.4 Å². The van der Waals surface area contributed by atoms with Crippen LogP contribution in [-0.4, -0.2) is 50.0 Å². The highest BCUT2D eigenvalue weighted by atomic mass is 16.6. The van der Waals surface area contributed by atoms with Crippen molar-refractivity contribution < 1.29 is 14.3 Å². The number of amides is 1. The summed E-state index contributed by atoms with van der Waals surface area (Å²) in [6, 6.07) is 0. The van der Waals surface area contributed by atoms with Crippen LogP contribution in [0.25, 0.3) is 0 Å². The van der Waals surface area contributed by atoms with Crippen molar-refractivity contribution in [3.63, 3.8) is 0 Å². The lowest BCUT2D eigenvalue weighted by molar-refractivity contribution is 0.00230. The van der Waals surface area contributed by atoms with Crippen molar-refractivity contribution in [1.29, 1.82) is 0 Å². The molecule has 1 unspecified atom stereocenters. The van der Waals surface area contributed by atoms with Gasteiger partial charge < -0.3 is 18.9 Å². The summed E-state index contributed by atoms with van der Waals surface area (Å²) in [6.07, 6.45) is 3.64. The van der Waals surface area contributed by atoms with Gasteiger partial charge in [0.15, 0.2) is 5.82 Å². The average molecular weight is 350 g/mol. The van der Waals surface area contributed by atoms with Crippen LogP contribution < -0.4 is 0 Å². The Balaban J connectivity index is 1.81. The second-order valence-corrected chi connectivity index (χ2v) is 8.60. The van der Waals surface area contributed by atoms with Gasteiger partial charge in [0.1, 0.15) is 17.5 Å². The number of carbonyl (C=O) groups is 1. The molecule has 0 bridgehead atoms. The summed E-state index contributed by atoms with van der Waals surface area (Å²) >= 11 is 0.